The van der Waals surface area contributed by atoms with Crippen molar-refractivity contribution in [3.8, 4) is 0 Å². The highest BCUT2D eigenvalue weighted by Crippen LogP contribution is 2.39. The van der Waals surface area contributed by atoms with E-state index in [2.05, 4.69) is 41.2 Å². The second kappa shape index (κ2) is 11.9. The summed E-state index contributed by atoms with van der Waals surface area (Å²) in [5, 5.41) is 7.15. The van der Waals surface area contributed by atoms with E-state index in [0.717, 1.165) is 24.8 Å². The Kier molecular flexibility index (Phi) is 8.40. The van der Waals surface area contributed by atoms with E-state index in [4.69, 9.17) is 4.84 Å². The highest BCUT2D eigenvalue weighted by atomic mass is 16.7. The first-order chi connectivity index (χ1) is 17.7. The number of rotatable bonds is 6. The van der Waals surface area contributed by atoms with Gasteiger partial charge in [0.05, 0.1) is 12.5 Å². The molecule has 2 aliphatic carbocycles. The standard InChI is InChI=1S/C31H43N3O2/c1-2-31(26-15-11-6-4-3-5-7-12-16-26)33-30(34-36-31)25-17-19-27-24(22-25)18-20-28(27)32-29(35)21-23-13-9-8-10-14-23/h8-10,13-14,17,19,22,26,28,30,33-34H,2-7,11-12,15-16,18,20-21H2,1H3,(H,32,35)/t28-,30?,31?/m1/s1. The molecule has 1 amide bonds. The van der Waals surface area contributed by atoms with Gasteiger partial charge >= 0.3 is 0 Å². The average molecular weight is 490 g/mol. The highest BCUT2D eigenvalue weighted by molar-refractivity contribution is 5.79. The molecule has 2 aromatic rings. The van der Waals surface area contributed by atoms with Crippen LogP contribution in [0.15, 0.2) is 48.5 Å². The topological polar surface area (TPSA) is 62.4 Å². The molecule has 0 radical (unpaired) electrons. The second-order valence-corrected chi connectivity index (χ2v) is 11.1. The summed E-state index contributed by atoms with van der Waals surface area (Å²) in [6.07, 6.45) is 15.3. The van der Waals surface area contributed by atoms with Gasteiger partial charge in [-0.3, -0.25) is 14.9 Å². The van der Waals surface area contributed by atoms with Crippen LogP contribution in [0.3, 0.4) is 0 Å². The molecule has 2 fully saturated rings. The highest BCUT2D eigenvalue weighted by Gasteiger charge is 2.45. The van der Waals surface area contributed by atoms with Crippen LogP contribution >= 0.6 is 0 Å². The minimum absolute atomic E-state index is 0.00243. The molecule has 3 aliphatic rings. The number of aryl methyl sites for hydroxylation is 1. The smallest absolute Gasteiger partial charge is 0.224 e. The van der Waals surface area contributed by atoms with E-state index >= 15 is 0 Å². The molecule has 2 unspecified atom stereocenters. The molecule has 1 heterocycles. The maximum atomic E-state index is 12.6. The molecule has 5 nitrogen and oxygen atoms in total. The monoisotopic (exact) mass is 489 g/mol. The quantitative estimate of drug-likeness (QED) is 0.439. The predicted octanol–water partition coefficient (Wildman–Crippen LogP) is 6.40. The summed E-state index contributed by atoms with van der Waals surface area (Å²) in [6.45, 7) is 2.25. The number of hydroxylamine groups is 1. The van der Waals surface area contributed by atoms with Gasteiger partial charge in [-0.2, -0.15) is 5.48 Å². The van der Waals surface area contributed by atoms with Crippen molar-refractivity contribution >= 4 is 5.91 Å². The normalized spacial score (nSPS) is 27.5. The van der Waals surface area contributed by atoms with Crippen LogP contribution in [-0.2, 0) is 22.5 Å². The summed E-state index contributed by atoms with van der Waals surface area (Å²) in [5.41, 5.74) is 7.94. The van der Waals surface area contributed by atoms with Crippen LogP contribution in [0.25, 0.3) is 0 Å². The molecule has 3 N–H and O–H groups in total. The molecular weight excluding hydrogens is 446 g/mol. The number of benzene rings is 2. The van der Waals surface area contributed by atoms with E-state index < -0.39 is 0 Å². The van der Waals surface area contributed by atoms with Crippen LogP contribution in [0.4, 0.5) is 0 Å². The Balaban J connectivity index is 1.23. The Hall–Kier alpha value is -2.21. The number of carbonyl (C=O) groups excluding carboxylic acids is 1. The summed E-state index contributed by atoms with van der Waals surface area (Å²) < 4.78 is 0. The Morgan fingerprint density at radius 1 is 0.972 bits per heavy atom. The molecule has 2 aromatic carbocycles. The summed E-state index contributed by atoms with van der Waals surface area (Å²) in [5.74, 6) is 0.630. The van der Waals surface area contributed by atoms with E-state index in [9.17, 15) is 4.79 Å². The third kappa shape index (κ3) is 5.85. The summed E-state index contributed by atoms with van der Waals surface area (Å²) in [7, 11) is 0. The molecule has 5 heteroatoms. The molecule has 5 rings (SSSR count). The number of hydrogen-bond acceptors (Lipinski definition) is 4. The molecule has 0 aromatic heterocycles. The minimum Gasteiger partial charge on any atom is -0.349 e. The molecule has 1 aliphatic heterocycles. The van der Waals surface area contributed by atoms with Crippen LogP contribution in [0.1, 0.15) is 112 Å². The van der Waals surface area contributed by atoms with Crippen molar-refractivity contribution in [2.45, 2.75) is 108 Å². The van der Waals surface area contributed by atoms with Crippen LogP contribution < -0.4 is 16.1 Å². The van der Waals surface area contributed by atoms with Gasteiger partial charge in [-0.15, -0.1) is 0 Å². The predicted molar refractivity (Wildman–Crippen MR) is 144 cm³/mol. The van der Waals surface area contributed by atoms with E-state index in [1.807, 2.05) is 30.3 Å². The maximum absolute atomic E-state index is 12.6. The van der Waals surface area contributed by atoms with Gasteiger partial charge in [0.2, 0.25) is 5.91 Å². The lowest BCUT2D eigenvalue weighted by atomic mass is 9.82. The SMILES string of the molecule is CCC1(C2CCCCCCCCC2)NC(c2ccc3c(c2)CC[C@H]3NC(=O)Cc2ccccc2)NO1. The van der Waals surface area contributed by atoms with Crippen molar-refractivity contribution in [2.75, 3.05) is 0 Å². The van der Waals surface area contributed by atoms with Crippen molar-refractivity contribution in [3.05, 3.63) is 70.8 Å². The van der Waals surface area contributed by atoms with Gasteiger partial charge in [0, 0.05) is 5.92 Å². The Morgan fingerprint density at radius 2 is 1.69 bits per heavy atom. The molecule has 0 spiro atoms. The third-order valence-electron chi connectivity index (χ3n) is 8.66. The third-order valence-corrected chi connectivity index (χ3v) is 8.66. The van der Waals surface area contributed by atoms with Crippen LogP contribution in [0.2, 0.25) is 0 Å². The number of amides is 1. The molecule has 3 atom stereocenters. The zero-order chi connectivity index (χ0) is 24.8. The summed E-state index contributed by atoms with van der Waals surface area (Å²) in [6, 6.07) is 16.8. The molecule has 36 heavy (non-hydrogen) atoms. The molecule has 1 saturated carbocycles. The van der Waals surface area contributed by atoms with Crippen molar-refractivity contribution < 1.29 is 9.63 Å². The van der Waals surface area contributed by atoms with Gasteiger partial charge in [0.25, 0.3) is 0 Å². The fourth-order valence-electron chi connectivity index (χ4n) is 6.55. The van der Waals surface area contributed by atoms with E-state index in [-0.39, 0.29) is 23.8 Å². The molecule has 0 bridgehead atoms. The number of nitrogens with one attached hydrogen (secondary N) is 3. The minimum atomic E-state index is -0.295. The lowest BCUT2D eigenvalue weighted by Gasteiger charge is -2.36. The van der Waals surface area contributed by atoms with E-state index in [0.29, 0.717) is 12.3 Å². The lowest BCUT2D eigenvalue weighted by molar-refractivity contribution is -0.121. The fourth-order valence-corrected chi connectivity index (χ4v) is 6.55. The van der Waals surface area contributed by atoms with Crippen molar-refractivity contribution in [3.63, 3.8) is 0 Å². The van der Waals surface area contributed by atoms with Gasteiger partial charge in [-0.25, -0.2) is 0 Å². The molecule has 194 valence electrons. The summed E-state index contributed by atoms with van der Waals surface area (Å²) >= 11 is 0. The molecular formula is C31H43N3O2. The van der Waals surface area contributed by atoms with Crippen molar-refractivity contribution in [2.24, 2.45) is 5.92 Å². The van der Waals surface area contributed by atoms with Crippen LogP contribution in [0.5, 0.6) is 0 Å². The molecule has 1 saturated heterocycles. The first-order valence-electron chi connectivity index (χ1n) is 14.3. The average Bonchev–Trinajstić information content (AvgIpc) is 3.53. The van der Waals surface area contributed by atoms with Gasteiger partial charge in [-0.1, -0.05) is 100 Å². The van der Waals surface area contributed by atoms with Gasteiger partial charge in [0.15, 0.2) is 0 Å². The van der Waals surface area contributed by atoms with Crippen LogP contribution in [-0.4, -0.2) is 11.6 Å². The summed E-state index contributed by atoms with van der Waals surface area (Å²) in [4.78, 5) is 19.0. The van der Waals surface area contributed by atoms with Crippen molar-refractivity contribution in [1.29, 1.82) is 0 Å². The fraction of sp³-hybridized carbons (Fsp3) is 0.581. The van der Waals surface area contributed by atoms with Gasteiger partial charge in [-0.05, 0) is 54.4 Å². The lowest BCUT2D eigenvalue weighted by Crippen LogP contribution is -2.48. The number of fused-ring (bicyclic) bond motifs is 1. The first-order valence-corrected chi connectivity index (χ1v) is 14.3. The largest absolute Gasteiger partial charge is 0.349 e. The van der Waals surface area contributed by atoms with Crippen LogP contribution in [0, 0.1) is 5.92 Å². The first kappa shape index (κ1) is 25.4. The van der Waals surface area contributed by atoms with Gasteiger partial charge in [0.1, 0.15) is 11.9 Å². The zero-order valence-corrected chi connectivity index (χ0v) is 21.9. The van der Waals surface area contributed by atoms with Gasteiger partial charge < -0.3 is 5.32 Å². The Bertz CT molecular complexity index is 1000. The maximum Gasteiger partial charge on any atom is 0.224 e. The second-order valence-electron chi connectivity index (χ2n) is 11.1. The Labute approximate surface area is 216 Å². The zero-order valence-electron chi connectivity index (χ0n) is 21.9. The number of carbonyl (C=O) groups is 1. The van der Waals surface area contributed by atoms with Crippen molar-refractivity contribution in [1.82, 2.24) is 16.1 Å². The van der Waals surface area contributed by atoms with E-state index in [1.54, 1.807) is 0 Å². The Morgan fingerprint density at radius 3 is 2.42 bits per heavy atom. The van der Waals surface area contributed by atoms with E-state index in [1.165, 1.54) is 74.5 Å². The number of hydrogen-bond donors (Lipinski definition) is 3.